The van der Waals surface area contributed by atoms with Crippen LogP contribution in [0.25, 0.3) is 0 Å². The lowest BCUT2D eigenvalue weighted by Crippen LogP contribution is -2.47. The van der Waals surface area contributed by atoms with Crippen LogP contribution in [-0.4, -0.2) is 39.6 Å². The zero-order chi connectivity index (χ0) is 20.4. The number of piperidine rings is 1. The highest BCUT2D eigenvalue weighted by atomic mass is 16.5. The summed E-state index contributed by atoms with van der Waals surface area (Å²) in [5.74, 6) is 1.57. The van der Waals surface area contributed by atoms with E-state index >= 15 is 0 Å². The molecule has 29 heavy (non-hydrogen) atoms. The van der Waals surface area contributed by atoms with Crippen LogP contribution in [0.4, 0.5) is 0 Å². The zero-order valence-corrected chi connectivity index (χ0v) is 17.2. The molecular weight excluding hydrogens is 366 g/mol. The average molecular weight is 396 g/mol. The topological polar surface area (TPSA) is 64.4 Å². The van der Waals surface area contributed by atoms with Gasteiger partial charge in [0.1, 0.15) is 5.75 Å². The molecule has 0 saturated carbocycles. The molecule has 6 nitrogen and oxygen atoms in total. The summed E-state index contributed by atoms with van der Waals surface area (Å²) in [6.45, 7) is 6.18. The molecule has 3 heterocycles. The van der Waals surface area contributed by atoms with Crippen LogP contribution >= 0.6 is 0 Å². The predicted molar refractivity (Wildman–Crippen MR) is 111 cm³/mol. The lowest BCUT2D eigenvalue weighted by atomic mass is 9.95. The molecule has 1 unspecified atom stereocenters. The van der Waals surface area contributed by atoms with Crippen molar-refractivity contribution < 1.29 is 9.53 Å². The van der Waals surface area contributed by atoms with Crippen molar-refractivity contribution in [2.75, 3.05) is 13.1 Å². The molecule has 1 saturated heterocycles. The number of rotatable bonds is 4. The Morgan fingerprint density at radius 2 is 1.97 bits per heavy atom. The molecule has 2 aliphatic rings. The van der Waals surface area contributed by atoms with Crippen molar-refractivity contribution in [2.24, 2.45) is 5.92 Å². The first kappa shape index (κ1) is 19.7. The van der Waals surface area contributed by atoms with Crippen LogP contribution in [0.2, 0.25) is 0 Å². The Bertz CT molecular complexity index is 929. The SMILES string of the molecule is CC(C)c1cc(=O)n(CC2CCN(C(=O)C3CCc4ccccc4O3)CC2)cn1. The number of amides is 1. The van der Waals surface area contributed by atoms with Gasteiger partial charge >= 0.3 is 0 Å². The third kappa shape index (κ3) is 4.36. The highest BCUT2D eigenvalue weighted by molar-refractivity contribution is 5.81. The second-order valence-corrected chi connectivity index (χ2v) is 8.48. The van der Waals surface area contributed by atoms with Gasteiger partial charge in [-0.05, 0) is 49.1 Å². The van der Waals surface area contributed by atoms with Gasteiger partial charge in [-0.2, -0.15) is 0 Å². The molecular formula is C23H29N3O3. The van der Waals surface area contributed by atoms with Crippen LogP contribution in [-0.2, 0) is 17.8 Å². The van der Waals surface area contributed by atoms with Gasteiger partial charge in [-0.1, -0.05) is 32.0 Å². The van der Waals surface area contributed by atoms with Crippen LogP contribution < -0.4 is 10.3 Å². The van der Waals surface area contributed by atoms with Crippen molar-refractivity contribution in [3.63, 3.8) is 0 Å². The van der Waals surface area contributed by atoms with Crippen molar-refractivity contribution in [1.82, 2.24) is 14.5 Å². The van der Waals surface area contributed by atoms with Gasteiger partial charge in [0.15, 0.2) is 6.10 Å². The highest BCUT2D eigenvalue weighted by Gasteiger charge is 2.32. The van der Waals surface area contributed by atoms with E-state index in [9.17, 15) is 9.59 Å². The molecule has 0 aliphatic carbocycles. The van der Waals surface area contributed by atoms with Crippen molar-refractivity contribution in [3.05, 3.63) is 58.3 Å². The van der Waals surface area contributed by atoms with E-state index in [2.05, 4.69) is 11.1 Å². The number of aryl methyl sites for hydroxylation is 1. The Labute approximate surface area is 171 Å². The first-order chi connectivity index (χ1) is 14.0. The number of likely N-dealkylation sites (tertiary alicyclic amines) is 1. The molecule has 0 radical (unpaired) electrons. The number of aromatic nitrogens is 2. The number of hydrogen-bond acceptors (Lipinski definition) is 4. The molecule has 1 amide bonds. The van der Waals surface area contributed by atoms with E-state index in [0.29, 0.717) is 12.5 Å². The molecule has 1 fully saturated rings. The molecule has 4 rings (SSSR count). The Balaban J connectivity index is 1.32. The van der Waals surface area contributed by atoms with E-state index in [0.717, 1.165) is 50.2 Å². The molecule has 6 heteroatoms. The molecule has 1 aromatic heterocycles. The zero-order valence-electron chi connectivity index (χ0n) is 17.2. The first-order valence-corrected chi connectivity index (χ1v) is 10.6. The van der Waals surface area contributed by atoms with E-state index < -0.39 is 0 Å². The molecule has 0 spiro atoms. The molecule has 0 bridgehead atoms. The summed E-state index contributed by atoms with van der Waals surface area (Å²) in [5, 5.41) is 0. The van der Waals surface area contributed by atoms with Gasteiger partial charge in [0, 0.05) is 25.7 Å². The minimum atomic E-state index is -0.378. The summed E-state index contributed by atoms with van der Waals surface area (Å²) in [6.07, 6.45) is 4.70. The molecule has 154 valence electrons. The number of benzene rings is 1. The van der Waals surface area contributed by atoms with Crippen molar-refractivity contribution in [1.29, 1.82) is 0 Å². The highest BCUT2D eigenvalue weighted by Crippen LogP contribution is 2.29. The Morgan fingerprint density at radius 1 is 1.21 bits per heavy atom. The number of nitrogens with zero attached hydrogens (tertiary/aromatic N) is 3. The summed E-state index contributed by atoms with van der Waals surface area (Å²) in [5.41, 5.74) is 2.02. The molecule has 2 aromatic rings. The normalized spacial score (nSPS) is 19.7. The number of fused-ring (bicyclic) bond motifs is 1. The van der Waals surface area contributed by atoms with Crippen LogP contribution in [0.3, 0.4) is 0 Å². The lowest BCUT2D eigenvalue weighted by Gasteiger charge is -2.35. The van der Waals surface area contributed by atoms with Crippen molar-refractivity contribution in [3.8, 4) is 5.75 Å². The van der Waals surface area contributed by atoms with Crippen LogP contribution in [0.1, 0.15) is 50.3 Å². The average Bonchev–Trinajstić information content (AvgIpc) is 2.74. The molecule has 2 aliphatic heterocycles. The van der Waals surface area contributed by atoms with Crippen LogP contribution in [0.15, 0.2) is 41.5 Å². The minimum absolute atomic E-state index is 0.0106. The Hall–Kier alpha value is -2.63. The summed E-state index contributed by atoms with van der Waals surface area (Å²) in [4.78, 5) is 31.6. The van der Waals surface area contributed by atoms with E-state index in [1.807, 2.05) is 36.9 Å². The standard InChI is InChI=1S/C23H29N3O3/c1-16(2)19-13-22(27)26(15-24-19)14-17-9-11-25(12-10-17)23(28)21-8-7-18-5-3-4-6-20(18)29-21/h3-6,13,15-17,21H,7-12,14H2,1-2H3. The second-order valence-electron chi connectivity index (χ2n) is 8.48. The van der Waals surface area contributed by atoms with E-state index in [-0.39, 0.29) is 23.5 Å². The molecule has 0 N–H and O–H groups in total. The third-order valence-electron chi connectivity index (χ3n) is 6.07. The quantitative estimate of drug-likeness (QED) is 0.798. The largest absolute Gasteiger partial charge is 0.480 e. The molecule has 1 atom stereocenters. The summed E-state index contributed by atoms with van der Waals surface area (Å²) in [7, 11) is 0. The minimum Gasteiger partial charge on any atom is -0.480 e. The fraction of sp³-hybridized carbons (Fsp3) is 0.522. The fourth-order valence-electron chi connectivity index (χ4n) is 4.21. The van der Waals surface area contributed by atoms with Gasteiger partial charge < -0.3 is 9.64 Å². The van der Waals surface area contributed by atoms with Crippen molar-refractivity contribution >= 4 is 5.91 Å². The first-order valence-electron chi connectivity index (χ1n) is 10.6. The molecule has 1 aromatic carbocycles. The maximum Gasteiger partial charge on any atom is 0.263 e. The third-order valence-corrected chi connectivity index (χ3v) is 6.07. The van der Waals surface area contributed by atoms with Gasteiger partial charge in [-0.25, -0.2) is 4.98 Å². The number of carbonyl (C=O) groups is 1. The Morgan fingerprint density at radius 3 is 2.69 bits per heavy atom. The van der Waals surface area contributed by atoms with Gasteiger partial charge in [0.2, 0.25) is 0 Å². The van der Waals surface area contributed by atoms with Crippen LogP contribution in [0.5, 0.6) is 5.75 Å². The van der Waals surface area contributed by atoms with Gasteiger partial charge in [-0.3, -0.25) is 14.2 Å². The maximum absolute atomic E-state index is 12.9. The lowest BCUT2D eigenvalue weighted by molar-refractivity contribution is -0.141. The number of para-hydroxylation sites is 1. The van der Waals surface area contributed by atoms with E-state index in [1.165, 1.54) is 5.56 Å². The maximum atomic E-state index is 12.9. The monoisotopic (exact) mass is 395 g/mol. The summed E-state index contributed by atoms with van der Waals surface area (Å²) < 4.78 is 7.67. The van der Waals surface area contributed by atoms with Crippen molar-refractivity contribution in [2.45, 2.75) is 58.1 Å². The number of ether oxygens (including phenoxy) is 1. The smallest absolute Gasteiger partial charge is 0.263 e. The number of hydrogen-bond donors (Lipinski definition) is 0. The summed E-state index contributed by atoms with van der Waals surface area (Å²) >= 11 is 0. The number of carbonyl (C=O) groups excluding carboxylic acids is 1. The summed E-state index contributed by atoms with van der Waals surface area (Å²) in [6, 6.07) is 9.60. The fourth-order valence-corrected chi connectivity index (χ4v) is 4.21. The van der Waals surface area contributed by atoms with E-state index in [4.69, 9.17) is 4.74 Å². The van der Waals surface area contributed by atoms with Gasteiger partial charge in [0.25, 0.3) is 11.5 Å². The van der Waals surface area contributed by atoms with E-state index in [1.54, 1.807) is 17.0 Å². The Kier molecular flexibility index (Phi) is 5.69. The van der Waals surface area contributed by atoms with Gasteiger partial charge in [-0.15, -0.1) is 0 Å². The van der Waals surface area contributed by atoms with Gasteiger partial charge in [0.05, 0.1) is 12.0 Å². The predicted octanol–water partition coefficient (Wildman–Crippen LogP) is 3.00. The second kappa shape index (κ2) is 8.39. The van der Waals surface area contributed by atoms with Crippen LogP contribution in [0, 0.1) is 5.92 Å².